The predicted octanol–water partition coefficient (Wildman–Crippen LogP) is 0.704. The van der Waals surface area contributed by atoms with Gasteiger partial charge in [0.05, 0.1) is 0 Å². The van der Waals surface area contributed by atoms with Crippen LogP contribution in [-0.4, -0.2) is 19.6 Å². The molecule has 0 spiro atoms. The van der Waals surface area contributed by atoms with Crippen molar-refractivity contribution in [2.24, 2.45) is 0 Å². The SMILES string of the molecule is O=C(O)NS(=O)(=O)c1cccs1. The summed E-state index contributed by atoms with van der Waals surface area (Å²) in [6.45, 7) is 0. The summed E-state index contributed by atoms with van der Waals surface area (Å²) in [5.41, 5.74) is 0. The van der Waals surface area contributed by atoms with Gasteiger partial charge in [-0.3, -0.25) is 0 Å². The molecular weight excluding hydrogens is 202 g/mol. The van der Waals surface area contributed by atoms with Crippen LogP contribution >= 0.6 is 11.3 Å². The van der Waals surface area contributed by atoms with E-state index >= 15 is 0 Å². The van der Waals surface area contributed by atoms with Crippen molar-refractivity contribution in [3.8, 4) is 0 Å². The molecule has 5 nitrogen and oxygen atoms in total. The van der Waals surface area contributed by atoms with Gasteiger partial charge in [-0.15, -0.1) is 11.3 Å². The zero-order chi connectivity index (χ0) is 9.19. The first-order valence-corrected chi connectivity index (χ1v) is 5.18. The molecule has 66 valence electrons. The minimum Gasteiger partial charge on any atom is -0.464 e. The second kappa shape index (κ2) is 3.11. The Morgan fingerprint density at radius 2 is 2.25 bits per heavy atom. The van der Waals surface area contributed by atoms with Gasteiger partial charge in [0.2, 0.25) is 0 Å². The maximum Gasteiger partial charge on any atom is 0.418 e. The van der Waals surface area contributed by atoms with Crippen LogP contribution in [0.4, 0.5) is 4.79 Å². The summed E-state index contributed by atoms with van der Waals surface area (Å²) in [7, 11) is -3.85. The Balaban J connectivity index is 2.96. The molecule has 0 saturated heterocycles. The summed E-state index contributed by atoms with van der Waals surface area (Å²) in [6.07, 6.45) is -1.58. The maximum absolute atomic E-state index is 11.0. The highest BCUT2D eigenvalue weighted by Gasteiger charge is 2.16. The molecule has 0 aliphatic carbocycles. The van der Waals surface area contributed by atoms with Crippen LogP contribution < -0.4 is 4.72 Å². The van der Waals surface area contributed by atoms with Crippen molar-refractivity contribution in [2.75, 3.05) is 0 Å². The summed E-state index contributed by atoms with van der Waals surface area (Å²) in [4.78, 5) is 10.0. The molecule has 0 aromatic carbocycles. The first-order chi connectivity index (χ1) is 5.52. The fourth-order valence-corrected chi connectivity index (χ4v) is 2.42. The lowest BCUT2D eigenvalue weighted by molar-refractivity contribution is 0.201. The predicted molar refractivity (Wildman–Crippen MR) is 42.7 cm³/mol. The van der Waals surface area contributed by atoms with Gasteiger partial charge < -0.3 is 5.11 Å². The van der Waals surface area contributed by atoms with Crippen LogP contribution in [0.3, 0.4) is 0 Å². The highest BCUT2D eigenvalue weighted by atomic mass is 32.2. The Morgan fingerprint density at radius 3 is 2.67 bits per heavy atom. The fourth-order valence-electron chi connectivity index (χ4n) is 0.582. The molecule has 0 bridgehead atoms. The van der Waals surface area contributed by atoms with E-state index in [0.717, 1.165) is 11.3 Å². The summed E-state index contributed by atoms with van der Waals surface area (Å²) >= 11 is 0.958. The van der Waals surface area contributed by atoms with Crippen LogP contribution in [0.25, 0.3) is 0 Å². The number of hydrogen-bond acceptors (Lipinski definition) is 4. The Kier molecular flexibility index (Phi) is 2.34. The van der Waals surface area contributed by atoms with Crippen LogP contribution in [0.15, 0.2) is 21.7 Å². The molecule has 1 rings (SSSR count). The number of carboxylic acid groups (broad SMARTS) is 1. The number of nitrogens with one attached hydrogen (secondary N) is 1. The average Bonchev–Trinajstić information content (AvgIpc) is 2.32. The van der Waals surface area contributed by atoms with E-state index in [4.69, 9.17) is 5.11 Å². The van der Waals surface area contributed by atoms with Crippen LogP contribution in [0.2, 0.25) is 0 Å². The van der Waals surface area contributed by atoms with Gasteiger partial charge in [0, 0.05) is 0 Å². The van der Waals surface area contributed by atoms with Gasteiger partial charge >= 0.3 is 6.09 Å². The molecule has 1 heterocycles. The van der Waals surface area contributed by atoms with Crippen molar-refractivity contribution in [2.45, 2.75) is 4.21 Å². The second-order valence-corrected chi connectivity index (χ2v) is 4.70. The van der Waals surface area contributed by atoms with Gasteiger partial charge in [-0.25, -0.2) is 17.9 Å². The van der Waals surface area contributed by atoms with Crippen molar-refractivity contribution in [3.05, 3.63) is 17.5 Å². The summed E-state index contributed by atoms with van der Waals surface area (Å²) < 4.78 is 23.5. The smallest absolute Gasteiger partial charge is 0.418 e. The van der Waals surface area contributed by atoms with Crippen molar-refractivity contribution >= 4 is 27.5 Å². The normalized spacial score (nSPS) is 11.0. The Hall–Kier alpha value is -1.08. The van der Waals surface area contributed by atoms with Gasteiger partial charge in [-0.2, -0.15) is 0 Å². The van der Waals surface area contributed by atoms with Crippen molar-refractivity contribution < 1.29 is 18.3 Å². The van der Waals surface area contributed by atoms with Crippen molar-refractivity contribution in [1.82, 2.24) is 4.72 Å². The van der Waals surface area contributed by atoms with E-state index in [9.17, 15) is 13.2 Å². The van der Waals surface area contributed by atoms with E-state index in [1.807, 2.05) is 0 Å². The number of thiophene rings is 1. The third-order valence-corrected chi connectivity index (χ3v) is 3.70. The van der Waals surface area contributed by atoms with E-state index in [1.54, 1.807) is 5.38 Å². The van der Waals surface area contributed by atoms with Gasteiger partial charge in [-0.05, 0) is 11.4 Å². The zero-order valence-electron chi connectivity index (χ0n) is 5.72. The van der Waals surface area contributed by atoms with E-state index in [-0.39, 0.29) is 4.21 Å². The number of carbonyl (C=O) groups is 1. The molecule has 0 aliphatic rings. The number of sulfonamides is 1. The fraction of sp³-hybridized carbons (Fsp3) is 0. The molecule has 0 unspecified atom stereocenters. The van der Waals surface area contributed by atoms with Crippen LogP contribution in [0.5, 0.6) is 0 Å². The molecular formula is C5H5NO4S2. The molecule has 7 heteroatoms. The minimum absolute atomic E-state index is 0.00935. The molecule has 1 aromatic heterocycles. The number of hydrogen-bond donors (Lipinski definition) is 2. The highest BCUT2D eigenvalue weighted by molar-refractivity contribution is 7.92. The number of amides is 1. The highest BCUT2D eigenvalue weighted by Crippen LogP contribution is 2.14. The van der Waals surface area contributed by atoms with Gasteiger partial charge in [0.1, 0.15) is 4.21 Å². The Morgan fingerprint density at radius 1 is 1.58 bits per heavy atom. The molecule has 2 N–H and O–H groups in total. The van der Waals surface area contributed by atoms with Crippen molar-refractivity contribution in [3.63, 3.8) is 0 Å². The molecule has 0 atom stereocenters. The molecule has 0 fully saturated rings. The second-order valence-electron chi connectivity index (χ2n) is 1.84. The average molecular weight is 207 g/mol. The third kappa shape index (κ3) is 1.95. The van der Waals surface area contributed by atoms with Gasteiger partial charge in [0.25, 0.3) is 10.0 Å². The summed E-state index contributed by atoms with van der Waals surface area (Å²) in [5, 5.41) is 9.71. The van der Waals surface area contributed by atoms with E-state index < -0.39 is 16.1 Å². The summed E-state index contributed by atoms with van der Waals surface area (Å²) in [5.74, 6) is 0. The first-order valence-electron chi connectivity index (χ1n) is 2.81. The lowest BCUT2D eigenvalue weighted by atomic mass is 10.7. The van der Waals surface area contributed by atoms with E-state index in [1.165, 1.54) is 16.9 Å². The van der Waals surface area contributed by atoms with Crippen molar-refractivity contribution in [1.29, 1.82) is 0 Å². The third-order valence-electron chi connectivity index (χ3n) is 0.982. The quantitative estimate of drug-likeness (QED) is 0.747. The van der Waals surface area contributed by atoms with Crippen LogP contribution in [-0.2, 0) is 10.0 Å². The number of rotatable bonds is 2. The van der Waals surface area contributed by atoms with Gasteiger partial charge in [-0.1, -0.05) is 6.07 Å². The minimum atomic E-state index is -3.85. The molecule has 0 saturated carbocycles. The molecule has 1 amide bonds. The zero-order valence-corrected chi connectivity index (χ0v) is 7.35. The largest absolute Gasteiger partial charge is 0.464 e. The molecule has 0 aliphatic heterocycles. The monoisotopic (exact) mass is 207 g/mol. The Bertz CT molecular complexity index is 366. The van der Waals surface area contributed by atoms with Crippen LogP contribution in [0.1, 0.15) is 0 Å². The molecule has 1 aromatic rings. The summed E-state index contributed by atoms with van der Waals surface area (Å²) in [6, 6.07) is 2.86. The van der Waals surface area contributed by atoms with E-state index in [0.29, 0.717) is 0 Å². The lowest BCUT2D eigenvalue weighted by Crippen LogP contribution is -2.28. The van der Waals surface area contributed by atoms with Gasteiger partial charge in [0.15, 0.2) is 0 Å². The Labute approximate surface area is 72.7 Å². The lowest BCUT2D eigenvalue weighted by Gasteiger charge is -1.98. The first kappa shape index (κ1) is 9.01. The topological polar surface area (TPSA) is 83.5 Å². The molecule has 12 heavy (non-hydrogen) atoms. The maximum atomic E-state index is 11.0. The van der Waals surface area contributed by atoms with E-state index in [2.05, 4.69) is 0 Å². The molecule has 0 radical (unpaired) electrons. The standard InChI is InChI=1S/C5H5NO4S2/c7-5(8)6-12(9,10)4-2-1-3-11-4/h1-3,6H,(H,7,8). The van der Waals surface area contributed by atoms with Crippen LogP contribution in [0, 0.1) is 0 Å².